The van der Waals surface area contributed by atoms with E-state index >= 15 is 0 Å². The molecule has 0 atom stereocenters. The van der Waals surface area contributed by atoms with Gasteiger partial charge in [-0.1, -0.05) is 47.4 Å². The van der Waals surface area contributed by atoms with Crippen molar-refractivity contribution in [3.05, 3.63) is 212 Å². The van der Waals surface area contributed by atoms with E-state index in [0.717, 1.165) is 22.3 Å². The molecule has 0 N–H and O–H groups in total. The van der Waals surface area contributed by atoms with E-state index in [0.29, 0.717) is 91.0 Å². The van der Waals surface area contributed by atoms with Crippen LogP contribution < -0.4 is 0 Å². The van der Waals surface area contributed by atoms with Crippen molar-refractivity contribution < 1.29 is 27.9 Å². The second-order valence-corrected chi connectivity index (χ2v) is 15.3. The van der Waals surface area contributed by atoms with Gasteiger partial charge < -0.3 is 18.3 Å². The first-order valence-electron chi connectivity index (χ1n) is 21.9. The van der Waals surface area contributed by atoms with Gasteiger partial charge in [0.25, 0.3) is 0 Å². The fourth-order valence-electron chi connectivity index (χ4n) is 7.03. The van der Waals surface area contributed by atoms with Crippen LogP contribution >= 0.6 is 0 Å². The lowest BCUT2D eigenvalue weighted by Gasteiger charge is -2.00. The molecule has 0 aliphatic carbocycles. The van der Waals surface area contributed by atoms with E-state index in [-0.39, 0.29) is 23.7 Å². The van der Waals surface area contributed by atoms with E-state index in [1.54, 1.807) is 111 Å². The Morgan fingerprint density at radius 1 is 0.414 bits per heavy atom. The number of carbonyl (C=O) groups excluding carboxylic acids is 2. The highest BCUT2D eigenvalue weighted by Gasteiger charge is 2.24. The van der Waals surface area contributed by atoms with Crippen molar-refractivity contribution in [2.24, 2.45) is 0 Å². The second-order valence-electron chi connectivity index (χ2n) is 15.3. The molecule has 9 aromatic rings. The first kappa shape index (κ1) is 44.8. The van der Waals surface area contributed by atoms with Crippen LogP contribution in [0.3, 0.4) is 0 Å². The third kappa shape index (κ3) is 10.1. The fraction of sp³-hybridized carbons (Fsp3) is 0.0667. The summed E-state index contributed by atoms with van der Waals surface area (Å²) in [7, 11) is 0. The molecule has 0 amide bonds. The number of hydrogen-bond donors (Lipinski definition) is 0. The number of ether oxygens (including phenoxy) is 2. The molecule has 2 heterocycles. The highest BCUT2D eigenvalue weighted by Crippen LogP contribution is 2.37. The summed E-state index contributed by atoms with van der Waals surface area (Å²) >= 11 is 0. The maximum absolute atomic E-state index is 12.1. The number of oxazole rings is 2. The van der Waals surface area contributed by atoms with E-state index in [4.69, 9.17) is 28.3 Å². The Morgan fingerprint density at radius 3 is 0.971 bits per heavy atom. The van der Waals surface area contributed by atoms with Gasteiger partial charge in [-0.25, -0.2) is 19.6 Å². The number of aromatic nitrogens is 2. The van der Waals surface area contributed by atoms with Crippen molar-refractivity contribution in [3.63, 3.8) is 0 Å². The van der Waals surface area contributed by atoms with Crippen molar-refractivity contribution in [2.75, 3.05) is 13.2 Å². The van der Waals surface area contributed by atoms with Gasteiger partial charge in [0, 0.05) is 44.5 Å². The number of nitrogens with zero attached hydrogens (tertiary/aromatic N) is 4. The summed E-state index contributed by atoms with van der Waals surface area (Å²) in [6.45, 7) is 4.13. The van der Waals surface area contributed by atoms with Crippen LogP contribution in [0.15, 0.2) is 154 Å². The second kappa shape index (κ2) is 20.4. The SMILES string of the molecule is CCOC(=O)c1ccc(C#Cc2ccc(C#Cc3c4nc(-c5ccc(C#N)cc5)oc4c(C#Cc4ccc(C#Cc5ccc(C(=O)OCC)cc5)cc4)c4nc(-c5ccc(C#N)cc5)oc34)cc2)cc1. The van der Waals surface area contributed by atoms with Gasteiger partial charge in [-0.2, -0.15) is 10.5 Å². The lowest BCUT2D eigenvalue weighted by molar-refractivity contribution is 0.0516. The Kier molecular flexibility index (Phi) is 13.1. The zero-order valence-electron chi connectivity index (χ0n) is 37.5. The molecule has 0 aliphatic rings. The van der Waals surface area contributed by atoms with Gasteiger partial charge in [0.2, 0.25) is 11.8 Å². The highest BCUT2D eigenvalue weighted by molar-refractivity contribution is 6.04. The zero-order chi connectivity index (χ0) is 48.4. The van der Waals surface area contributed by atoms with Crippen molar-refractivity contribution in [1.29, 1.82) is 10.5 Å². The molecular formula is C60H34N4O6. The molecular weight excluding hydrogens is 873 g/mol. The predicted octanol–water partition coefficient (Wildman–Crippen LogP) is 11.0. The van der Waals surface area contributed by atoms with Crippen molar-refractivity contribution >= 4 is 34.1 Å². The summed E-state index contributed by atoms with van der Waals surface area (Å²) in [5.74, 6) is 25.5. The summed E-state index contributed by atoms with van der Waals surface area (Å²) < 4.78 is 23.3. The van der Waals surface area contributed by atoms with Gasteiger partial charge in [-0.15, -0.1) is 0 Å². The number of benzene rings is 7. The predicted molar refractivity (Wildman–Crippen MR) is 263 cm³/mol. The highest BCUT2D eigenvalue weighted by atomic mass is 16.5. The molecule has 0 saturated heterocycles. The summed E-state index contributed by atoms with van der Waals surface area (Å²) in [5.41, 5.74) is 9.85. The topological polar surface area (TPSA) is 152 Å². The van der Waals surface area contributed by atoms with Crippen LogP contribution in [0.2, 0.25) is 0 Å². The quantitative estimate of drug-likeness (QED) is 0.116. The molecule has 0 unspecified atom stereocenters. The number of rotatable bonds is 6. The maximum atomic E-state index is 12.1. The van der Waals surface area contributed by atoms with E-state index in [9.17, 15) is 20.1 Å². The molecule has 0 saturated carbocycles. The van der Waals surface area contributed by atoms with Gasteiger partial charge in [-0.3, -0.25) is 0 Å². The number of carbonyl (C=O) groups is 2. The number of esters is 2. The first-order chi connectivity index (χ1) is 34.3. The molecule has 70 heavy (non-hydrogen) atoms. The van der Waals surface area contributed by atoms with Gasteiger partial charge in [-0.05, 0) is 159 Å². The van der Waals surface area contributed by atoms with Gasteiger partial charge >= 0.3 is 11.9 Å². The molecule has 2 aromatic heterocycles. The summed E-state index contributed by atoms with van der Waals surface area (Å²) in [6.07, 6.45) is 0. The third-order valence-electron chi connectivity index (χ3n) is 10.6. The van der Waals surface area contributed by atoms with Gasteiger partial charge in [0.1, 0.15) is 11.0 Å². The van der Waals surface area contributed by atoms with Crippen LogP contribution in [0.5, 0.6) is 0 Å². The van der Waals surface area contributed by atoms with E-state index in [2.05, 4.69) is 59.5 Å². The average molecular weight is 907 g/mol. The minimum Gasteiger partial charge on any atom is -0.462 e. The third-order valence-corrected chi connectivity index (χ3v) is 10.6. The molecule has 0 aliphatic heterocycles. The molecule has 0 spiro atoms. The van der Waals surface area contributed by atoms with Gasteiger partial charge in [0.05, 0.1) is 58.7 Å². The number of nitriles is 2. The standard InChI is InChI=1S/C60H34N4O6/c1-3-67-59(65)49-31-17-43(18-32-49)15-9-39-5-11-41(12-6-39)25-35-51-53-56(70-57(63-53)47-27-21-45(37-61)22-28-47)52(54-55(51)69-58(64-54)48-29-23-46(38-62)24-30-48)36-26-42-13-7-40(8-14-42)10-16-44-19-33-50(34-20-44)60(66)68-4-2/h5-8,11-14,17-24,27-34H,3-4H2,1-2H3. The van der Waals surface area contributed by atoms with Crippen LogP contribution in [0.1, 0.15) is 90.2 Å². The van der Waals surface area contributed by atoms with E-state index in [1.807, 2.05) is 48.5 Å². The normalized spacial score (nSPS) is 10.2. The maximum Gasteiger partial charge on any atom is 0.338 e. The zero-order valence-corrected chi connectivity index (χ0v) is 37.5. The Labute approximate surface area is 402 Å². The monoisotopic (exact) mass is 906 g/mol. The minimum atomic E-state index is -0.379. The lowest BCUT2D eigenvalue weighted by Crippen LogP contribution is -2.04. The lowest BCUT2D eigenvalue weighted by atomic mass is 10.0. The summed E-state index contributed by atoms with van der Waals surface area (Å²) in [6, 6.07) is 46.9. The Bertz CT molecular complexity index is 3520. The van der Waals surface area contributed by atoms with E-state index in [1.165, 1.54) is 0 Å². The molecule has 10 nitrogen and oxygen atoms in total. The number of fused-ring (bicyclic) bond motifs is 2. The van der Waals surface area contributed by atoms with Crippen LogP contribution in [-0.4, -0.2) is 35.1 Å². The molecule has 330 valence electrons. The molecule has 0 radical (unpaired) electrons. The van der Waals surface area contributed by atoms with Crippen molar-refractivity contribution in [2.45, 2.75) is 13.8 Å². The molecule has 0 bridgehead atoms. The smallest absolute Gasteiger partial charge is 0.338 e. The minimum absolute atomic E-state index is 0.280. The van der Waals surface area contributed by atoms with E-state index < -0.39 is 0 Å². The summed E-state index contributed by atoms with van der Waals surface area (Å²) in [4.78, 5) is 34.0. The average Bonchev–Trinajstić information content (AvgIpc) is 4.06. The summed E-state index contributed by atoms with van der Waals surface area (Å²) in [5, 5.41) is 18.9. The largest absolute Gasteiger partial charge is 0.462 e. The molecule has 10 heteroatoms. The van der Waals surface area contributed by atoms with Crippen LogP contribution in [-0.2, 0) is 9.47 Å². The van der Waals surface area contributed by atoms with Crippen LogP contribution in [0, 0.1) is 70.0 Å². The van der Waals surface area contributed by atoms with Gasteiger partial charge in [0.15, 0.2) is 11.2 Å². The molecule has 0 fully saturated rings. The molecule has 7 aromatic carbocycles. The fourth-order valence-corrected chi connectivity index (χ4v) is 7.03. The molecule has 9 rings (SSSR count). The van der Waals surface area contributed by atoms with Crippen molar-refractivity contribution in [3.8, 4) is 82.4 Å². The Morgan fingerprint density at radius 2 is 0.686 bits per heavy atom. The Balaban J connectivity index is 1.10. The van der Waals surface area contributed by atoms with Crippen LogP contribution in [0.25, 0.3) is 45.1 Å². The number of hydrogen-bond acceptors (Lipinski definition) is 10. The first-order valence-corrected chi connectivity index (χ1v) is 21.9. The van der Waals surface area contributed by atoms with Crippen LogP contribution in [0.4, 0.5) is 0 Å². The van der Waals surface area contributed by atoms with Crippen molar-refractivity contribution in [1.82, 2.24) is 9.97 Å². The Hall–Kier alpha value is -10.4.